The molecule has 2 aliphatic heterocycles. The van der Waals surface area contributed by atoms with Crippen LogP contribution in [0, 0.1) is 5.41 Å². The second kappa shape index (κ2) is 11.7. The Labute approximate surface area is 211 Å². The highest BCUT2D eigenvalue weighted by Gasteiger charge is 2.41. The van der Waals surface area contributed by atoms with E-state index in [1.54, 1.807) is 23.1 Å². The molecule has 0 bridgehead atoms. The summed E-state index contributed by atoms with van der Waals surface area (Å²) in [5.41, 5.74) is 0.100. The van der Waals surface area contributed by atoms with Crippen molar-refractivity contribution < 1.29 is 23.9 Å². The predicted molar refractivity (Wildman–Crippen MR) is 132 cm³/mol. The molecule has 1 aromatic carbocycles. The van der Waals surface area contributed by atoms with Crippen LogP contribution in [0.3, 0.4) is 0 Å². The van der Waals surface area contributed by atoms with Crippen molar-refractivity contribution in [3.63, 3.8) is 0 Å². The van der Waals surface area contributed by atoms with E-state index in [0.29, 0.717) is 55.1 Å². The van der Waals surface area contributed by atoms with Crippen molar-refractivity contribution in [3.05, 3.63) is 28.8 Å². The Kier molecular flexibility index (Phi) is 8.99. The molecular formula is C25H35ClN4O5. The third-order valence-corrected chi connectivity index (χ3v) is 6.48. The molecule has 1 fully saturated rings. The predicted octanol–water partition coefficient (Wildman–Crippen LogP) is 2.16. The first-order valence-corrected chi connectivity index (χ1v) is 12.5. The van der Waals surface area contributed by atoms with Crippen molar-refractivity contribution in [1.29, 1.82) is 0 Å². The monoisotopic (exact) mass is 506 g/mol. The second-order valence-corrected chi connectivity index (χ2v) is 10.6. The van der Waals surface area contributed by atoms with Crippen molar-refractivity contribution in [3.8, 4) is 5.75 Å². The number of nitrogens with zero attached hydrogens (tertiary/aromatic N) is 1. The van der Waals surface area contributed by atoms with Gasteiger partial charge in [0.15, 0.2) is 6.61 Å². The molecule has 2 aliphatic rings. The zero-order valence-corrected chi connectivity index (χ0v) is 21.4. The van der Waals surface area contributed by atoms with E-state index in [4.69, 9.17) is 16.3 Å². The van der Waals surface area contributed by atoms with Crippen molar-refractivity contribution >= 4 is 35.2 Å². The molecule has 10 heteroatoms. The first-order valence-electron chi connectivity index (χ1n) is 12.1. The summed E-state index contributed by atoms with van der Waals surface area (Å²) in [6, 6.07) is 3.62. The van der Waals surface area contributed by atoms with Crippen LogP contribution in [0.15, 0.2) is 18.2 Å². The third-order valence-electron chi connectivity index (χ3n) is 6.24. The van der Waals surface area contributed by atoms with Gasteiger partial charge in [0, 0.05) is 36.6 Å². The van der Waals surface area contributed by atoms with Crippen molar-refractivity contribution in [2.45, 2.75) is 71.5 Å². The molecule has 35 heavy (non-hydrogen) atoms. The van der Waals surface area contributed by atoms with E-state index in [9.17, 15) is 19.2 Å². The third kappa shape index (κ3) is 7.34. The molecule has 1 unspecified atom stereocenters. The van der Waals surface area contributed by atoms with Gasteiger partial charge in [-0.05, 0) is 49.3 Å². The van der Waals surface area contributed by atoms with Crippen LogP contribution in [0.4, 0.5) is 0 Å². The highest BCUT2D eigenvalue weighted by atomic mass is 35.5. The fourth-order valence-corrected chi connectivity index (χ4v) is 4.51. The van der Waals surface area contributed by atoms with Crippen molar-refractivity contribution in [1.82, 2.24) is 20.9 Å². The van der Waals surface area contributed by atoms with E-state index < -0.39 is 17.5 Å². The van der Waals surface area contributed by atoms with Crippen LogP contribution in [0.25, 0.3) is 0 Å². The topological polar surface area (TPSA) is 117 Å². The fourth-order valence-electron chi connectivity index (χ4n) is 4.31. The van der Waals surface area contributed by atoms with Crippen LogP contribution in [0.5, 0.6) is 5.75 Å². The maximum atomic E-state index is 13.5. The minimum Gasteiger partial charge on any atom is -0.483 e. The number of hydrogen-bond donors (Lipinski definition) is 3. The van der Waals surface area contributed by atoms with Crippen LogP contribution in [0.2, 0.25) is 5.02 Å². The van der Waals surface area contributed by atoms with E-state index in [1.807, 2.05) is 20.8 Å². The summed E-state index contributed by atoms with van der Waals surface area (Å²) in [6.45, 7) is 6.51. The summed E-state index contributed by atoms with van der Waals surface area (Å²) < 4.78 is 5.68. The van der Waals surface area contributed by atoms with E-state index in [1.165, 1.54) is 0 Å². The van der Waals surface area contributed by atoms with Gasteiger partial charge >= 0.3 is 0 Å². The number of carbonyl (C=O) groups excluding carboxylic acids is 4. The first-order chi connectivity index (χ1) is 16.6. The Morgan fingerprint density at radius 2 is 1.80 bits per heavy atom. The molecule has 4 amide bonds. The number of hydrogen-bond acceptors (Lipinski definition) is 5. The van der Waals surface area contributed by atoms with E-state index in [0.717, 1.165) is 0 Å². The standard InChI is InChI=1S/C25H35ClN4O5/c1-25(2,3)22-24(34)30-12-6-7-18(30)23(33)28-14-16-13-17(26)9-10-19(16)35-15-21(32)27-11-5-4-8-20(31)29-22/h9-10,13,18,22H,4-8,11-12,14-15H2,1-3H3,(H,27,32)(H,28,33)(H,29,31)/t18-,22?/m0/s1. The highest BCUT2D eigenvalue weighted by molar-refractivity contribution is 6.30. The van der Waals surface area contributed by atoms with Gasteiger partial charge in [-0.25, -0.2) is 0 Å². The lowest BCUT2D eigenvalue weighted by Crippen LogP contribution is -2.57. The average Bonchev–Trinajstić information content (AvgIpc) is 3.28. The molecule has 0 spiro atoms. The number of rotatable bonds is 0. The molecule has 0 aliphatic carbocycles. The van der Waals surface area contributed by atoms with Gasteiger partial charge in [-0.1, -0.05) is 32.4 Å². The quantitative estimate of drug-likeness (QED) is 0.498. The van der Waals surface area contributed by atoms with E-state index in [2.05, 4.69) is 16.0 Å². The molecule has 1 saturated heterocycles. The number of fused-ring (bicyclic) bond motifs is 2. The van der Waals surface area contributed by atoms with Gasteiger partial charge in [0.05, 0.1) is 0 Å². The van der Waals surface area contributed by atoms with Gasteiger partial charge < -0.3 is 25.6 Å². The lowest BCUT2D eigenvalue weighted by Gasteiger charge is -2.35. The Morgan fingerprint density at radius 1 is 1.03 bits per heavy atom. The summed E-state index contributed by atoms with van der Waals surface area (Å²) in [7, 11) is 0. The maximum absolute atomic E-state index is 13.5. The second-order valence-electron chi connectivity index (χ2n) is 10.1. The number of carbonyl (C=O) groups is 4. The molecule has 2 heterocycles. The van der Waals surface area contributed by atoms with Crippen LogP contribution in [0.1, 0.15) is 58.4 Å². The molecule has 192 valence electrons. The van der Waals surface area contributed by atoms with Crippen molar-refractivity contribution in [2.24, 2.45) is 5.41 Å². The molecule has 0 radical (unpaired) electrons. The number of amides is 4. The van der Waals surface area contributed by atoms with Gasteiger partial charge in [0.25, 0.3) is 5.91 Å². The van der Waals surface area contributed by atoms with Crippen LogP contribution in [-0.4, -0.2) is 60.3 Å². The summed E-state index contributed by atoms with van der Waals surface area (Å²) in [5.74, 6) is -0.586. The number of ether oxygens (including phenoxy) is 1. The van der Waals surface area contributed by atoms with Gasteiger partial charge in [-0.15, -0.1) is 0 Å². The Bertz CT molecular complexity index is 962. The number of nitrogens with one attached hydrogen (secondary N) is 3. The van der Waals surface area contributed by atoms with E-state index >= 15 is 0 Å². The molecule has 0 aromatic heterocycles. The van der Waals surface area contributed by atoms with Crippen LogP contribution < -0.4 is 20.7 Å². The largest absolute Gasteiger partial charge is 0.483 e. The molecule has 0 saturated carbocycles. The van der Waals surface area contributed by atoms with Gasteiger partial charge in [-0.2, -0.15) is 0 Å². The lowest BCUT2D eigenvalue weighted by molar-refractivity contribution is -0.143. The zero-order valence-electron chi connectivity index (χ0n) is 20.6. The zero-order chi connectivity index (χ0) is 25.6. The molecule has 3 rings (SSSR count). The molecule has 9 nitrogen and oxygen atoms in total. The van der Waals surface area contributed by atoms with Crippen LogP contribution in [-0.2, 0) is 25.7 Å². The van der Waals surface area contributed by atoms with Gasteiger partial charge in [-0.3, -0.25) is 19.2 Å². The summed E-state index contributed by atoms with van der Waals surface area (Å²) >= 11 is 6.15. The minimum absolute atomic E-state index is 0.133. The number of halogens is 1. The minimum atomic E-state index is -0.752. The van der Waals surface area contributed by atoms with E-state index in [-0.39, 0.29) is 43.2 Å². The van der Waals surface area contributed by atoms with Gasteiger partial charge in [0.1, 0.15) is 17.8 Å². The molecule has 1 aromatic rings. The van der Waals surface area contributed by atoms with Gasteiger partial charge in [0.2, 0.25) is 17.7 Å². The fraction of sp³-hybridized carbons (Fsp3) is 0.600. The normalized spacial score (nSPS) is 23.5. The molecule has 3 N–H and O–H groups in total. The summed E-state index contributed by atoms with van der Waals surface area (Å²) in [5, 5.41) is 9.03. The first kappa shape index (κ1) is 26.8. The molecule has 2 atom stereocenters. The smallest absolute Gasteiger partial charge is 0.257 e. The van der Waals surface area contributed by atoms with Crippen LogP contribution >= 0.6 is 11.6 Å². The Hall–Kier alpha value is -2.81. The van der Waals surface area contributed by atoms with Crippen molar-refractivity contribution in [2.75, 3.05) is 19.7 Å². The summed E-state index contributed by atoms with van der Waals surface area (Å²) in [6.07, 6.45) is 2.67. The summed E-state index contributed by atoms with van der Waals surface area (Å²) in [4.78, 5) is 53.0. The number of benzene rings is 1. The Morgan fingerprint density at radius 3 is 2.54 bits per heavy atom. The Balaban J connectivity index is 1.84. The lowest BCUT2D eigenvalue weighted by atomic mass is 9.85. The molecular weight excluding hydrogens is 472 g/mol. The maximum Gasteiger partial charge on any atom is 0.257 e. The average molecular weight is 507 g/mol. The highest BCUT2D eigenvalue weighted by Crippen LogP contribution is 2.27. The SMILES string of the molecule is CC(C)(C)C1NC(=O)CCCCNC(=O)COc2ccc(Cl)cc2CNC(=O)[C@@H]2CCCN2C1=O.